The van der Waals surface area contributed by atoms with Gasteiger partial charge in [-0.15, -0.1) is 0 Å². The molecule has 0 spiro atoms. The second kappa shape index (κ2) is 8.20. The molecule has 9 heteroatoms. The average Bonchev–Trinajstić information content (AvgIpc) is 2.73. The Kier molecular flexibility index (Phi) is 5.51. The van der Waals surface area contributed by atoms with E-state index in [4.69, 9.17) is 24.2 Å². The Bertz CT molecular complexity index is 781. The quantitative estimate of drug-likeness (QED) is 0.794. The molecular formula is C18H26N6O3. The lowest BCUT2D eigenvalue weighted by Gasteiger charge is -2.35. The maximum Gasteiger partial charge on any atom is 0.228 e. The number of anilines is 2. The highest BCUT2D eigenvalue weighted by atomic mass is 16.5. The Labute approximate surface area is 158 Å². The highest BCUT2D eigenvalue weighted by Gasteiger charge is 2.26. The van der Waals surface area contributed by atoms with E-state index in [1.165, 1.54) is 0 Å². The summed E-state index contributed by atoms with van der Waals surface area (Å²) in [6.45, 7) is 6.17. The number of rotatable bonds is 5. The van der Waals surface area contributed by atoms with Crippen molar-refractivity contribution in [1.29, 1.82) is 0 Å². The van der Waals surface area contributed by atoms with E-state index in [2.05, 4.69) is 20.1 Å². The molecule has 27 heavy (non-hydrogen) atoms. The van der Waals surface area contributed by atoms with E-state index >= 15 is 0 Å². The predicted molar refractivity (Wildman–Crippen MR) is 103 cm³/mol. The van der Waals surface area contributed by atoms with Gasteiger partial charge in [0.25, 0.3) is 0 Å². The van der Waals surface area contributed by atoms with E-state index in [1.807, 2.05) is 0 Å². The molecular weight excluding hydrogens is 348 g/mol. The van der Waals surface area contributed by atoms with Gasteiger partial charge in [0.05, 0.1) is 44.7 Å². The van der Waals surface area contributed by atoms with Gasteiger partial charge in [0, 0.05) is 45.9 Å². The molecule has 0 saturated carbocycles. The summed E-state index contributed by atoms with van der Waals surface area (Å²) in [4.78, 5) is 18.5. The Hall–Kier alpha value is -2.23. The van der Waals surface area contributed by atoms with Crippen molar-refractivity contribution in [2.24, 2.45) is 0 Å². The molecule has 4 rings (SSSR count). The minimum atomic E-state index is 0.258. The molecule has 0 bridgehead atoms. The number of hydrogen-bond donors (Lipinski definition) is 1. The number of fused-ring (bicyclic) bond motifs is 1. The molecule has 9 nitrogen and oxygen atoms in total. The van der Waals surface area contributed by atoms with Gasteiger partial charge in [-0.25, -0.2) is 4.98 Å². The fourth-order valence-corrected chi connectivity index (χ4v) is 3.64. The van der Waals surface area contributed by atoms with Gasteiger partial charge in [-0.05, 0) is 0 Å². The summed E-state index contributed by atoms with van der Waals surface area (Å²) < 4.78 is 16.4. The molecule has 1 atom stereocenters. The zero-order chi connectivity index (χ0) is 18.6. The summed E-state index contributed by atoms with van der Waals surface area (Å²) in [5.41, 5.74) is 0.794. The number of morpholine rings is 1. The molecule has 1 N–H and O–H groups in total. The second-order valence-electron chi connectivity index (χ2n) is 6.73. The molecule has 1 unspecified atom stereocenters. The van der Waals surface area contributed by atoms with E-state index in [0.29, 0.717) is 25.6 Å². The van der Waals surface area contributed by atoms with Crippen LogP contribution in [0.3, 0.4) is 0 Å². The maximum atomic E-state index is 5.58. The van der Waals surface area contributed by atoms with E-state index in [1.54, 1.807) is 26.6 Å². The number of nitrogens with one attached hydrogen (secondary N) is 1. The first-order chi connectivity index (χ1) is 13.3. The molecule has 4 heterocycles. The van der Waals surface area contributed by atoms with E-state index < -0.39 is 0 Å². The van der Waals surface area contributed by atoms with Crippen LogP contribution in [-0.4, -0.2) is 87.8 Å². The monoisotopic (exact) mass is 374 g/mol. The molecule has 0 aliphatic carbocycles. The zero-order valence-corrected chi connectivity index (χ0v) is 15.8. The van der Waals surface area contributed by atoms with Crippen LogP contribution in [-0.2, 0) is 9.47 Å². The van der Waals surface area contributed by atoms with Crippen molar-refractivity contribution in [3.63, 3.8) is 0 Å². The van der Waals surface area contributed by atoms with Crippen molar-refractivity contribution in [2.45, 2.75) is 6.04 Å². The molecule has 2 saturated heterocycles. The molecule has 2 aliphatic rings. The van der Waals surface area contributed by atoms with Gasteiger partial charge in [-0.3, -0.25) is 4.98 Å². The van der Waals surface area contributed by atoms with E-state index in [0.717, 1.165) is 55.4 Å². The topological polar surface area (TPSA) is 84.9 Å². The van der Waals surface area contributed by atoms with Crippen molar-refractivity contribution >= 4 is 22.7 Å². The van der Waals surface area contributed by atoms with E-state index in [-0.39, 0.29) is 6.04 Å². The van der Waals surface area contributed by atoms with Crippen molar-refractivity contribution in [2.75, 3.05) is 76.6 Å². The van der Waals surface area contributed by atoms with Gasteiger partial charge in [0.15, 0.2) is 0 Å². The molecule has 0 amide bonds. The Morgan fingerprint density at radius 3 is 2.78 bits per heavy atom. The van der Waals surface area contributed by atoms with Crippen LogP contribution in [0.2, 0.25) is 0 Å². The summed E-state index contributed by atoms with van der Waals surface area (Å²) in [5.74, 6) is 2.30. The van der Waals surface area contributed by atoms with Crippen LogP contribution < -0.4 is 19.9 Å². The minimum absolute atomic E-state index is 0.258. The van der Waals surface area contributed by atoms with Crippen molar-refractivity contribution < 1.29 is 14.2 Å². The molecule has 2 fully saturated rings. The van der Waals surface area contributed by atoms with Gasteiger partial charge in [0.1, 0.15) is 17.1 Å². The summed E-state index contributed by atoms with van der Waals surface area (Å²) in [5, 5.41) is 4.40. The van der Waals surface area contributed by atoms with Gasteiger partial charge in [-0.2, -0.15) is 4.98 Å². The van der Waals surface area contributed by atoms with Crippen molar-refractivity contribution in [1.82, 2.24) is 20.3 Å². The van der Waals surface area contributed by atoms with Crippen LogP contribution in [0.15, 0.2) is 12.4 Å². The first kappa shape index (κ1) is 18.1. The van der Waals surface area contributed by atoms with Crippen LogP contribution in [0.4, 0.5) is 11.8 Å². The Morgan fingerprint density at radius 1 is 1.15 bits per heavy atom. The molecule has 0 aromatic carbocycles. The molecule has 0 radical (unpaired) electrons. The number of aromatic nitrogens is 3. The van der Waals surface area contributed by atoms with Crippen LogP contribution in [0.25, 0.3) is 10.9 Å². The van der Waals surface area contributed by atoms with Crippen molar-refractivity contribution in [3.8, 4) is 5.75 Å². The first-order valence-electron chi connectivity index (χ1n) is 9.30. The van der Waals surface area contributed by atoms with Gasteiger partial charge >= 0.3 is 0 Å². The smallest absolute Gasteiger partial charge is 0.228 e. The number of ether oxygens (including phenoxy) is 3. The second-order valence-corrected chi connectivity index (χ2v) is 6.73. The molecule has 146 valence electrons. The third kappa shape index (κ3) is 3.76. The summed E-state index contributed by atoms with van der Waals surface area (Å²) in [6.07, 6.45) is 3.50. The Morgan fingerprint density at radius 2 is 2.00 bits per heavy atom. The zero-order valence-electron chi connectivity index (χ0n) is 15.8. The normalized spacial score (nSPS) is 20.9. The highest BCUT2D eigenvalue weighted by molar-refractivity contribution is 5.95. The molecule has 2 aliphatic heterocycles. The lowest BCUT2D eigenvalue weighted by molar-refractivity contribution is 0.122. The summed E-state index contributed by atoms with van der Waals surface area (Å²) >= 11 is 0. The Balaban J connectivity index is 1.77. The van der Waals surface area contributed by atoms with Gasteiger partial charge in [0.2, 0.25) is 5.95 Å². The van der Waals surface area contributed by atoms with Gasteiger partial charge < -0.3 is 29.3 Å². The average molecular weight is 374 g/mol. The van der Waals surface area contributed by atoms with Crippen LogP contribution in [0.5, 0.6) is 5.75 Å². The first-order valence-corrected chi connectivity index (χ1v) is 9.30. The maximum absolute atomic E-state index is 5.58. The minimum Gasteiger partial charge on any atom is -0.494 e. The van der Waals surface area contributed by atoms with Crippen LogP contribution in [0.1, 0.15) is 0 Å². The number of methoxy groups -OCH3 is 2. The molecule has 2 aromatic heterocycles. The fourth-order valence-electron chi connectivity index (χ4n) is 3.64. The highest BCUT2D eigenvalue weighted by Crippen LogP contribution is 2.33. The van der Waals surface area contributed by atoms with Crippen LogP contribution in [0, 0.1) is 0 Å². The number of hydrogen-bond acceptors (Lipinski definition) is 9. The fraction of sp³-hybridized carbons (Fsp3) is 0.611. The lowest BCUT2D eigenvalue weighted by Crippen LogP contribution is -2.53. The lowest BCUT2D eigenvalue weighted by atomic mass is 10.2. The number of nitrogens with zero attached hydrogens (tertiary/aromatic N) is 5. The largest absolute Gasteiger partial charge is 0.494 e. The number of piperazine rings is 1. The summed E-state index contributed by atoms with van der Waals surface area (Å²) in [7, 11) is 3.38. The van der Waals surface area contributed by atoms with Crippen LogP contribution >= 0.6 is 0 Å². The third-order valence-corrected chi connectivity index (χ3v) is 4.98. The van der Waals surface area contributed by atoms with E-state index in [9.17, 15) is 0 Å². The van der Waals surface area contributed by atoms with Gasteiger partial charge in [-0.1, -0.05) is 0 Å². The predicted octanol–water partition coefficient (Wildman–Crippen LogP) is 0.295. The number of pyridine rings is 1. The SMILES string of the molecule is COCC1CN(c2nc(N3CCOCC3)nc3cncc(OC)c23)CCN1. The summed E-state index contributed by atoms with van der Waals surface area (Å²) in [6, 6.07) is 0.258. The standard InChI is InChI=1S/C18H26N6O3/c1-25-12-13-11-24(4-3-20-13)17-16-14(9-19-10-15(16)26-2)21-18(22-17)23-5-7-27-8-6-23/h9-10,13,20H,3-8,11-12H2,1-2H3. The van der Waals surface area contributed by atoms with Crippen molar-refractivity contribution in [3.05, 3.63) is 12.4 Å². The third-order valence-electron chi connectivity index (χ3n) is 4.98. The molecule has 2 aromatic rings.